The van der Waals surface area contributed by atoms with Crippen LogP contribution < -0.4 is 4.74 Å². The van der Waals surface area contributed by atoms with Gasteiger partial charge >= 0.3 is 5.97 Å². The highest BCUT2D eigenvalue weighted by molar-refractivity contribution is 5.76. The quantitative estimate of drug-likeness (QED) is 0.691. The second-order valence-corrected chi connectivity index (χ2v) is 5.29. The van der Waals surface area contributed by atoms with E-state index in [1.807, 2.05) is 24.3 Å². The molecule has 23 heavy (non-hydrogen) atoms. The zero-order chi connectivity index (χ0) is 16.7. The lowest BCUT2D eigenvalue weighted by atomic mass is 9.86. The summed E-state index contributed by atoms with van der Waals surface area (Å²) in [5, 5.41) is 0. The van der Waals surface area contributed by atoms with Crippen molar-refractivity contribution in [3.05, 3.63) is 48.2 Å². The molecule has 0 saturated carbocycles. The summed E-state index contributed by atoms with van der Waals surface area (Å²) < 4.78 is 15.7. The summed E-state index contributed by atoms with van der Waals surface area (Å²) in [4.78, 5) is 16.4. The normalized spacial score (nSPS) is 13.3. The van der Waals surface area contributed by atoms with Crippen LogP contribution in [0, 0.1) is 0 Å². The predicted molar refractivity (Wildman–Crippen MR) is 86.5 cm³/mol. The van der Waals surface area contributed by atoms with Crippen LogP contribution in [-0.4, -0.2) is 24.7 Å². The Morgan fingerprint density at radius 3 is 2.52 bits per heavy atom. The fraction of sp³-hybridized carbons (Fsp3) is 0.444. The molecule has 0 aliphatic carbocycles. The van der Waals surface area contributed by atoms with Crippen molar-refractivity contribution in [2.75, 3.05) is 13.7 Å². The molecule has 0 aliphatic heterocycles. The maximum atomic E-state index is 12.3. The van der Waals surface area contributed by atoms with Gasteiger partial charge in [0, 0.05) is 0 Å². The van der Waals surface area contributed by atoms with E-state index < -0.39 is 5.92 Å². The van der Waals surface area contributed by atoms with E-state index >= 15 is 0 Å². The molecular weight excluding hydrogens is 294 g/mol. The van der Waals surface area contributed by atoms with Crippen molar-refractivity contribution in [3.8, 4) is 5.75 Å². The van der Waals surface area contributed by atoms with Gasteiger partial charge in [-0.3, -0.25) is 4.79 Å². The first-order chi connectivity index (χ1) is 11.2. The number of carbonyl (C=O) groups is 1. The number of benzene rings is 1. The van der Waals surface area contributed by atoms with Gasteiger partial charge in [-0.15, -0.1) is 0 Å². The summed E-state index contributed by atoms with van der Waals surface area (Å²) >= 11 is 0. The average Bonchev–Trinajstić information content (AvgIpc) is 3.10. The molecule has 5 nitrogen and oxygen atoms in total. The van der Waals surface area contributed by atoms with Crippen molar-refractivity contribution in [3.63, 3.8) is 0 Å². The largest absolute Gasteiger partial charge is 0.497 e. The molecule has 0 bridgehead atoms. The van der Waals surface area contributed by atoms with Gasteiger partial charge in [-0.1, -0.05) is 19.1 Å². The molecule has 0 fully saturated rings. The second kappa shape index (κ2) is 8.36. The number of hydrogen-bond acceptors (Lipinski definition) is 5. The van der Waals surface area contributed by atoms with Crippen LogP contribution in [0.25, 0.3) is 0 Å². The summed E-state index contributed by atoms with van der Waals surface area (Å²) in [6.45, 7) is 4.24. The maximum Gasteiger partial charge on any atom is 0.318 e. The van der Waals surface area contributed by atoms with Crippen LogP contribution in [-0.2, 0) is 9.53 Å². The smallest absolute Gasteiger partial charge is 0.318 e. The first-order valence-corrected chi connectivity index (χ1v) is 7.89. The van der Waals surface area contributed by atoms with E-state index in [1.54, 1.807) is 20.2 Å². The first-order valence-electron chi connectivity index (χ1n) is 7.89. The molecule has 124 valence electrons. The Morgan fingerprint density at radius 2 is 2.00 bits per heavy atom. The highest BCUT2D eigenvalue weighted by Gasteiger charge is 2.29. The lowest BCUT2D eigenvalue weighted by Crippen LogP contribution is -2.19. The van der Waals surface area contributed by atoms with E-state index in [4.69, 9.17) is 13.9 Å². The molecule has 1 aromatic carbocycles. The summed E-state index contributed by atoms with van der Waals surface area (Å²) in [5.74, 6) is 0.662. The SMILES string of the molecule is CCOC(=O)C(CC(CC)c1ccc(OC)cc1)c1ncco1. The number of carbonyl (C=O) groups excluding carboxylic acids is 1. The Bertz CT molecular complexity index is 592. The highest BCUT2D eigenvalue weighted by Crippen LogP contribution is 2.33. The van der Waals surface area contributed by atoms with Crippen LogP contribution in [0.5, 0.6) is 5.75 Å². The van der Waals surface area contributed by atoms with Crippen molar-refractivity contribution in [2.24, 2.45) is 0 Å². The molecular formula is C18H23NO4. The van der Waals surface area contributed by atoms with Gasteiger partial charge in [0.15, 0.2) is 0 Å². The highest BCUT2D eigenvalue weighted by atomic mass is 16.5. The van der Waals surface area contributed by atoms with Gasteiger partial charge in [-0.25, -0.2) is 4.98 Å². The maximum absolute atomic E-state index is 12.3. The van der Waals surface area contributed by atoms with Crippen LogP contribution in [0.3, 0.4) is 0 Å². The number of oxazole rings is 1. The van der Waals surface area contributed by atoms with Crippen molar-refractivity contribution < 1.29 is 18.7 Å². The van der Waals surface area contributed by atoms with Crippen LogP contribution >= 0.6 is 0 Å². The number of ether oxygens (including phenoxy) is 2. The number of rotatable bonds is 8. The molecule has 2 aromatic rings. The molecule has 2 unspecified atom stereocenters. The standard InChI is InChI=1S/C18H23NO4/c1-4-13(14-6-8-15(21-3)9-7-14)12-16(18(20)22-5-2)17-19-10-11-23-17/h6-11,13,16H,4-5,12H2,1-3H3. The zero-order valence-corrected chi connectivity index (χ0v) is 13.8. The summed E-state index contributed by atoms with van der Waals surface area (Å²) in [6, 6.07) is 7.93. The third kappa shape index (κ3) is 4.34. The van der Waals surface area contributed by atoms with E-state index in [9.17, 15) is 4.79 Å². The minimum atomic E-state index is -0.489. The van der Waals surface area contributed by atoms with Crippen LogP contribution in [0.15, 0.2) is 41.1 Å². The van der Waals surface area contributed by atoms with Gasteiger partial charge in [-0.05, 0) is 43.4 Å². The molecule has 0 spiro atoms. The van der Waals surface area contributed by atoms with E-state index in [2.05, 4.69) is 11.9 Å². The van der Waals surface area contributed by atoms with Crippen LogP contribution in [0.4, 0.5) is 0 Å². The Hall–Kier alpha value is -2.30. The van der Waals surface area contributed by atoms with Gasteiger partial charge < -0.3 is 13.9 Å². The minimum Gasteiger partial charge on any atom is -0.497 e. The van der Waals surface area contributed by atoms with Gasteiger partial charge in [0.05, 0.1) is 19.9 Å². The molecule has 0 saturated heterocycles. The first kappa shape index (κ1) is 17.1. The topological polar surface area (TPSA) is 61.6 Å². The van der Waals surface area contributed by atoms with E-state index in [1.165, 1.54) is 6.26 Å². The van der Waals surface area contributed by atoms with E-state index in [0.717, 1.165) is 17.7 Å². The molecule has 5 heteroatoms. The molecule has 1 aromatic heterocycles. The van der Waals surface area contributed by atoms with Crippen molar-refractivity contribution >= 4 is 5.97 Å². The van der Waals surface area contributed by atoms with Crippen LogP contribution in [0.1, 0.15) is 50.0 Å². The average molecular weight is 317 g/mol. The Morgan fingerprint density at radius 1 is 1.26 bits per heavy atom. The minimum absolute atomic E-state index is 0.210. The Labute approximate surface area is 136 Å². The molecule has 0 radical (unpaired) electrons. The number of aromatic nitrogens is 1. The zero-order valence-electron chi connectivity index (χ0n) is 13.8. The Balaban J connectivity index is 2.19. The second-order valence-electron chi connectivity index (χ2n) is 5.29. The molecule has 2 rings (SSSR count). The van der Waals surface area contributed by atoms with Gasteiger partial charge in [0.2, 0.25) is 5.89 Å². The predicted octanol–water partition coefficient (Wildman–Crippen LogP) is 3.91. The fourth-order valence-electron chi connectivity index (χ4n) is 2.65. The Kier molecular flexibility index (Phi) is 6.20. The monoisotopic (exact) mass is 317 g/mol. The third-order valence-electron chi connectivity index (χ3n) is 3.92. The molecule has 0 amide bonds. The van der Waals surface area contributed by atoms with Gasteiger partial charge in [0.1, 0.15) is 17.9 Å². The summed E-state index contributed by atoms with van der Waals surface area (Å²) in [5.41, 5.74) is 1.16. The van der Waals surface area contributed by atoms with Gasteiger partial charge in [0.25, 0.3) is 0 Å². The van der Waals surface area contributed by atoms with Crippen molar-refractivity contribution in [1.82, 2.24) is 4.98 Å². The van der Waals surface area contributed by atoms with Crippen molar-refractivity contribution in [2.45, 2.75) is 38.5 Å². The van der Waals surface area contributed by atoms with Crippen molar-refractivity contribution in [1.29, 1.82) is 0 Å². The number of hydrogen-bond donors (Lipinski definition) is 0. The lowest BCUT2D eigenvalue weighted by molar-refractivity contribution is -0.145. The fourth-order valence-corrected chi connectivity index (χ4v) is 2.65. The van der Waals surface area contributed by atoms with Crippen LogP contribution in [0.2, 0.25) is 0 Å². The molecule has 1 heterocycles. The molecule has 0 aliphatic rings. The lowest BCUT2D eigenvalue weighted by Gasteiger charge is -2.20. The summed E-state index contributed by atoms with van der Waals surface area (Å²) in [6.07, 6.45) is 4.54. The number of methoxy groups -OCH3 is 1. The van der Waals surface area contributed by atoms with E-state index in [-0.39, 0.29) is 11.9 Å². The number of esters is 1. The van der Waals surface area contributed by atoms with Gasteiger partial charge in [-0.2, -0.15) is 0 Å². The third-order valence-corrected chi connectivity index (χ3v) is 3.92. The van der Waals surface area contributed by atoms with E-state index in [0.29, 0.717) is 18.9 Å². The number of nitrogens with zero attached hydrogens (tertiary/aromatic N) is 1. The summed E-state index contributed by atoms with van der Waals surface area (Å²) in [7, 11) is 1.64. The molecule has 2 atom stereocenters. The molecule has 0 N–H and O–H groups in total.